The van der Waals surface area contributed by atoms with Crippen LogP contribution in [0, 0.1) is 6.92 Å². The van der Waals surface area contributed by atoms with Crippen molar-refractivity contribution in [1.29, 1.82) is 0 Å². The second-order valence-electron chi connectivity index (χ2n) is 5.71. The van der Waals surface area contributed by atoms with E-state index in [0.717, 1.165) is 22.6 Å². The summed E-state index contributed by atoms with van der Waals surface area (Å²) in [6.07, 6.45) is 3.34. The smallest absolute Gasteiger partial charge is 0.104 e. The van der Waals surface area contributed by atoms with Gasteiger partial charge in [-0.15, -0.1) is 0 Å². The quantitative estimate of drug-likeness (QED) is 0.842. The molecule has 2 aromatic rings. The molecular weight excluding hydrogens is 268 g/mol. The number of aryl methyl sites for hydroxylation is 1. The van der Waals surface area contributed by atoms with Crippen molar-refractivity contribution in [2.75, 3.05) is 0 Å². The summed E-state index contributed by atoms with van der Waals surface area (Å²) >= 11 is 6.13. The third-order valence-electron chi connectivity index (χ3n) is 4.34. The van der Waals surface area contributed by atoms with Crippen LogP contribution in [-0.4, -0.2) is 5.11 Å². The molecule has 1 N–H and O–H groups in total. The van der Waals surface area contributed by atoms with E-state index >= 15 is 0 Å². The molecule has 104 valence electrons. The summed E-state index contributed by atoms with van der Waals surface area (Å²) in [4.78, 5) is 0. The Hall–Kier alpha value is -1.31. The maximum Gasteiger partial charge on any atom is 0.104 e. The summed E-state index contributed by atoms with van der Waals surface area (Å²) in [6, 6.07) is 14.1. The van der Waals surface area contributed by atoms with Crippen molar-refractivity contribution < 1.29 is 5.11 Å². The number of rotatable bonds is 3. The van der Waals surface area contributed by atoms with Gasteiger partial charge in [0.05, 0.1) is 0 Å². The summed E-state index contributed by atoms with van der Waals surface area (Å²) in [5.74, 6) is 0.731. The second kappa shape index (κ2) is 5.59. The minimum absolute atomic E-state index is 0.608. The highest BCUT2D eigenvalue weighted by molar-refractivity contribution is 6.31. The Kier molecular flexibility index (Phi) is 3.82. The first-order valence-corrected chi connectivity index (χ1v) is 7.57. The van der Waals surface area contributed by atoms with Crippen molar-refractivity contribution in [3.63, 3.8) is 0 Å². The van der Waals surface area contributed by atoms with Crippen LogP contribution in [0.5, 0.6) is 0 Å². The van der Waals surface area contributed by atoms with Gasteiger partial charge in [0.25, 0.3) is 0 Å². The van der Waals surface area contributed by atoms with Crippen LogP contribution in [-0.2, 0) is 0 Å². The molecule has 0 spiro atoms. The second-order valence-corrected chi connectivity index (χ2v) is 6.11. The Labute approximate surface area is 125 Å². The number of hydrogen-bond acceptors (Lipinski definition) is 1. The van der Waals surface area contributed by atoms with Crippen LogP contribution in [0.3, 0.4) is 0 Å². The number of hydrogen-bond donors (Lipinski definition) is 1. The van der Waals surface area contributed by atoms with Crippen molar-refractivity contribution in [3.05, 3.63) is 69.7 Å². The van der Waals surface area contributed by atoms with Gasteiger partial charge in [0, 0.05) is 5.02 Å². The number of halogens is 1. The molecule has 0 heterocycles. The molecule has 0 aliphatic heterocycles. The highest BCUT2D eigenvalue weighted by Gasteiger charge is 2.19. The lowest BCUT2D eigenvalue weighted by Crippen LogP contribution is -2.09. The number of benzene rings is 2. The molecule has 1 aliphatic rings. The molecule has 0 radical (unpaired) electrons. The molecule has 1 atom stereocenters. The lowest BCUT2D eigenvalue weighted by atomic mass is 9.80. The van der Waals surface area contributed by atoms with Gasteiger partial charge >= 0.3 is 0 Å². The average molecular weight is 287 g/mol. The molecule has 1 nitrogen and oxygen atoms in total. The highest BCUT2D eigenvalue weighted by Crippen LogP contribution is 2.37. The molecule has 0 aromatic heterocycles. The fraction of sp³-hybridized carbons (Fsp3) is 0.333. The summed E-state index contributed by atoms with van der Waals surface area (Å²) in [7, 11) is 0. The van der Waals surface area contributed by atoms with Gasteiger partial charge in [0.15, 0.2) is 0 Å². The van der Waals surface area contributed by atoms with Gasteiger partial charge in [0.1, 0.15) is 6.10 Å². The molecule has 1 unspecified atom stereocenters. The summed E-state index contributed by atoms with van der Waals surface area (Å²) < 4.78 is 0. The number of aliphatic hydroxyl groups is 1. The molecule has 1 aliphatic carbocycles. The van der Waals surface area contributed by atoms with Crippen LogP contribution in [0.1, 0.15) is 53.5 Å². The minimum Gasteiger partial charge on any atom is -0.384 e. The first-order chi connectivity index (χ1) is 9.65. The van der Waals surface area contributed by atoms with E-state index in [9.17, 15) is 5.11 Å². The first kappa shape index (κ1) is 13.7. The molecule has 1 saturated carbocycles. The highest BCUT2D eigenvalue weighted by atomic mass is 35.5. The van der Waals surface area contributed by atoms with Gasteiger partial charge in [-0.1, -0.05) is 54.4 Å². The standard InChI is InChI=1S/C18H19ClO/c1-12-5-6-16(11-17(12)19)18(20)15-9-7-14(8-10-15)13-3-2-4-13/h5-11,13,18,20H,2-4H2,1H3. The molecule has 2 heteroatoms. The molecule has 3 rings (SSSR count). The van der Waals surface area contributed by atoms with Crippen molar-refractivity contribution >= 4 is 11.6 Å². The molecule has 0 bridgehead atoms. The van der Waals surface area contributed by atoms with E-state index in [1.165, 1.54) is 24.8 Å². The van der Waals surface area contributed by atoms with Gasteiger partial charge in [-0.05, 0) is 54.0 Å². The summed E-state index contributed by atoms with van der Waals surface area (Å²) in [5.41, 5.74) is 4.20. The van der Waals surface area contributed by atoms with E-state index < -0.39 is 6.10 Å². The SMILES string of the molecule is Cc1ccc(C(O)c2ccc(C3CCC3)cc2)cc1Cl. The average Bonchev–Trinajstić information content (AvgIpc) is 2.40. The van der Waals surface area contributed by atoms with Crippen LogP contribution < -0.4 is 0 Å². The summed E-state index contributed by atoms with van der Waals surface area (Å²) in [5, 5.41) is 11.2. The van der Waals surface area contributed by atoms with Gasteiger partial charge in [-0.25, -0.2) is 0 Å². The van der Waals surface area contributed by atoms with E-state index in [1.54, 1.807) is 0 Å². The fourth-order valence-electron chi connectivity index (χ4n) is 2.66. The third-order valence-corrected chi connectivity index (χ3v) is 4.75. The van der Waals surface area contributed by atoms with Crippen molar-refractivity contribution in [1.82, 2.24) is 0 Å². The maximum absolute atomic E-state index is 10.4. The Balaban J connectivity index is 1.82. The van der Waals surface area contributed by atoms with Crippen molar-refractivity contribution in [2.24, 2.45) is 0 Å². The van der Waals surface area contributed by atoms with Crippen LogP contribution in [0.4, 0.5) is 0 Å². The first-order valence-electron chi connectivity index (χ1n) is 7.19. The van der Waals surface area contributed by atoms with Gasteiger partial charge in [-0.3, -0.25) is 0 Å². The van der Waals surface area contributed by atoms with E-state index in [0.29, 0.717) is 5.02 Å². The monoisotopic (exact) mass is 286 g/mol. The normalized spacial score (nSPS) is 16.8. The largest absolute Gasteiger partial charge is 0.384 e. The zero-order chi connectivity index (χ0) is 14.1. The van der Waals surface area contributed by atoms with E-state index in [4.69, 9.17) is 11.6 Å². The minimum atomic E-state index is -0.608. The zero-order valence-corrected chi connectivity index (χ0v) is 12.4. The third kappa shape index (κ3) is 2.61. The summed E-state index contributed by atoms with van der Waals surface area (Å²) in [6.45, 7) is 1.96. The molecule has 0 saturated heterocycles. The Bertz CT molecular complexity index is 599. The molecule has 0 amide bonds. The van der Waals surface area contributed by atoms with Gasteiger partial charge in [-0.2, -0.15) is 0 Å². The van der Waals surface area contributed by atoms with Crippen LogP contribution in [0.2, 0.25) is 5.02 Å². The number of aliphatic hydroxyl groups excluding tert-OH is 1. The lowest BCUT2D eigenvalue weighted by Gasteiger charge is -2.26. The maximum atomic E-state index is 10.4. The van der Waals surface area contributed by atoms with E-state index in [1.807, 2.05) is 37.3 Å². The molecule has 2 aromatic carbocycles. The Morgan fingerprint density at radius 1 is 1.05 bits per heavy atom. The Morgan fingerprint density at radius 3 is 2.25 bits per heavy atom. The predicted octanol–water partition coefficient (Wildman–Crippen LogP) is 5.00. The predicted molar refractivity (Wildman–Crippen MR) is 83.3 cm³/mol. The van der Waals surface area contributed by atoms with Crippen LogP contribution >= 0.6 is 11.6 Å². The van der Waals surface area contributed by atoms with E-state index in [2.05, 4.69) is 12.1 Å². The van der Waals surface area contributed by atoms with Crippen LogP contribution in [0.25, 0.3) is 0 Å². The Morgan fingerprint density at radius 2 is 1.70 bits per heavy atom. The van der Waals surface area contributed by atoms with Crippen molar-refractivity contribution in [3.8, 4) is 0 Å². The lowest BCUT2D eigenvalue weighted by molar-refractivity contribution is 0.220. The van der Waals surface area contributed by atoms with Crippen molar-refractivity contribution in [2.45, 2.75) is 38.2 Å². The zero-order valence-electron chi connectivity index (χ0n) is 11.6. The molecular formula is C18H19ClO. The van der Waals surface area contributed by atoms with E-state index in [-0.39, 0.29) is 0 Å². The molecule has 20 heavy (non-hydrogen) atoms. The topological polar surface area (TPSA) is 20.2 Å². The van der Waals surface area contributed by atoms with Gasteiger partial charge < -0.3 is 5.11 Å². The molecule has 1 fully saturated rings. The fourth-order valence-corrected chi connectivity index (χ4v) is 2.85. The van der Waals surface area contributed by atoms with Gasteiger partial charge in [0.2, 0.25) is 0 Å². The van der Waals surface area contributed by atoms with Crippen LogP contribution in [0.15, 0.2) is 42.5 Å².